The minimum Gasteiger partial charge on any atom is -0.351 e. The number of likely N-dealkylation sites (tertiary alicyclic amines) is 1. The Morgan fingerprint density at radius 2 is 1.86 bits per heavy atom. The van der Waals surface area contributed by atoms with E-state index >= 15 is 0 Å². The van der Waals surface area contributed by atoms with Crippen LogP contribution in [0.2, 0.25) is 0 Å². The Morgan fingerprint density at radius 3 is 2.43 bits per heavy atom. The lowest BCUT2D eigenvalue weighted by Crippen LogP contribution is -2.58. The van der Waals surface area contributed by atoms with E-state index in [-0.39, 0.29) is 0 Å². The van der Waals surface area contributed by atoms with Crippen molar-refractivity contribution in [3.05, 3.63) is 0 Å². The average molecular weight is 196 g/mol. The quantitative estimate of drug-likeness (QED) is 0.714. The van der Waals surface area contributed by atoms with E-state index in [9.17, 15) is 4.79 Å². The average Bonchev–Trinajstić information content (AvgIpc) is 2.17. The summed E-state index contributed by atoms with van der Waals surface area (Å²) >= 11 is 0. The third kappa shape index (κ3) is 2.27. The maximum Gasteiger partial charge on any atom is 0.223 e. The molecule has 1 heterocycles. The summed E-state index contributed by atoms with van der Waals surface area (Å²) in [5.74, 6) is 0.623. The fourth-order valence-electron chi connectivity index (χ4n) is 2.47. The van der Waals surface area contributed by atoms with Gasteiger partial charge in [0.05, 0.1) is 6.04 Å². The van der Waals surface area contributed by atoms with Gasteiger partial charge in [-0.05, 0) is 19.9 Å². The van der Waals surface area contributed by atoms with Crippen molar-refractivity contribution in [1.29, 1.82) is 0 Å². The van der Waals surface area contributed by atoms with Crippen LogP contribution in [0, 0.1) is 5.92 Å². The van der Waals surface area contributed by atoms with Crippen molar-refractivity contribution in [2.45, 2.75) is 38.1 Å². The van der Waals surface area contributed by atoms with Gasteiger partial charge in [0.25, 0.3) is 0 Å². The SMILES string of the molecule is CN1CC(NC(=O)C2CCCCC2)C1. The summed E-state index contributed by atoms with van der Waals surface area (Å²) in [5, 5.41) is 3.14. The zero-order valence-electron chi connectivity index (χ0n) is 8.96. The van der Waals surface area contributed by atoms with Crippen LogP contribution in [0.25, 0.3) is 0 Å². The summed E-state index contributed by atoms with van der Waals surface area (Å²) < 4.78 is 0. The molecule has 0 unspecified atom stereocenters. The normalized spacial score (nSPS) is 25.8. The van der Waals surface area contributed by atoms with Crippen molar-refractivity contribution in [3.63, 3.8) is 0 Å². The van der Waals surface area contributed by atoms with Gasteiger partial charge < -0.3 is 10.2 Å². The van der Waals surface area contributed by atoms with Crippen LogP contribution >= 0.6 is 0 Å². The molecule has 0 aromatic heterocycles. The molecular weight excluding hydrogens is 176 g/mol. The minimum atomic E-state index is 0.308. The molecule has 1 N–H and O–H groups in total. The van der Waals surface area contributed by atoms with E-state index in [4.69, 9.17) is 0 Å². The molecule has 1 aliphatic heterocycles. The van der Waals surface area contributed by atoms with Crippen molar-refractivity contribution in [2.75, 3.05) is 20.1 Å². The van der Waals surface area contributed by atoms with Crippen LogP contribution in [0.4, 0.5) is 0 Å². The molecule has 3 nitrogen and oxygen atoms in total. The van der Waals surface area contributed by atoms with Crippen molar-refractivity contribution in [3.8, 4) is 0 Å². The van der Waals surface area contributed by atoms with Gasteiger partial charge in [0.1, 0.15) is 0 Å². The molecule has 1 amide bonds. The Bertz CT molecular complexity index is 205. The van der Waals surface area contributed by atoms with Gasteiger partial charge in [-0.15, -0.1) is 0 Å². The second-order valence-electron chi connectivity index (χ2n) is 4.76. The first kappa shape index (κ1) is 9.97. The van der Waals surface area contributed by atoms with Gasteiger partial charge in [-0.1, -0.05) is 19.3 Å². The lowest BCUT2D eigenvalue weighted by atomic mass is 9.88. The molecule has 0 atom stereocenters. The minimum absolute atomic E-state index is 0.308. The summed E-state index contributed by atoms with van der Waals surface area (Å²) in [5.41, 5.74) is 0. The molecule has 2 aliphatic rings. The predicted octanol–water partition coefficient (Wildman–Crippen LogP) is 0.997. The molecule has 3 heteroatoms. The van der Waals surface area contributed by atoms with Gasteiger partial charge >= 0.3 is 0 Å². The number of hydrogen-bond acceptors (Lipinski definition) is 2. The first-order valence-corrected chi connectivity index (χ1v) is 5.74. The van der Waals surface area contributed by atoms with Crippen LogP contribution in [0.1, 0.15) is 32.1 Å². The summed E-state index contributed by atoms with van der Waals surface area (Å²) in [7, 11) is 2.09. The molecule has 1 saturated carbocycles. The molecule has 0 aromatic carbocycles. The first-order chi connectivity index (χ1) is 6.75. The number of rotatable bonds is 2. The molecular formula is C11H20N2O. The molecule has 1 saturated heterocycles. The highest BCUT2D eigenvalue weighted by molar-refractivity contribution is 5.79. The van der Waals surface area contributed by atoms with E-state index in [1.807, 2.05) is 0 Å². The Balaban J connectivity index is 1.71. The van der Waals surface area contributed by atoms with E-state index in [1.165, 1.54) is 19.3 Å². The highest BCUT2D eigenvalue weighted by Crippen LogP contribution is 2.23. The topological polar surface area (TPSA) is 32.3 Å². The second kappa shape index (κ2) is 4.30. The summed E-state index contributed by atoms with van der Waals surface area (Å²) in [6.45, 7) is 2.05. The van der Waals surface area contributed by atoms with Crippen LogP contribution in [0.5, 0.6) is 0 Å². The molecule has 0 spiro atoms. The lowest BCUT2D eigenvalue weighted by Gasteiger charge is -2.37. The smallest absolute Gasteiger partial charge is 0.223 e. The van der Waals surface area contributed by atoms with Crippen LogP contribution in [-0.2, 0) is 4.79 Å². The van der Waals surface area contributed by atoms with Gasteiger partial charge in [0, 0.05) is 19.0 Å². The van der Waals surface area contributed by atoms with Gasteiger partial charge in [-0.25, -0.2) is 0 Å². The summed E-state index contributed by atoms with van der Waals surface area (Å²) in [6, 6.07) is 0.425. The summed E-state index contributed by atoms with van der Waals surface area (Å²) in [6.07, 6.45) is 6.00. The molecule has 0 aromatic rings. The number of carbonyl (C=O) groups is 1. The van der Waals surface area contributed by atoms with Gasteiger partial charge in [-0.3, -0.25) is 4.79 Å². The van der Waals surface area contributed by atoms with E-state index in [0.29, 0.717) is 17.9 Å². The molecule has 80 valence electrons. The predicted molar refractivity (Wildman–Crippen MR) is 56.0 cm³/mol. The van der Waals surface area contributed by atoms with E-state index in [0.717, 1.165) is 25.9 Å². The maximum atomic E-state index is 11.8. The first-order valence-electron chi connectivity index (χ1n) is 5.74. The number of amides is 1. The number of nitrogens with zero attached hydrogens (tertiary/aromatic N) is 1. The standard InChI is InChI=1S/C11H20N2O/c1-13-7-10(8-13)12-11(14)9-5-3-2-4-6-9/h9-10H,2-8H2,1H3,(H,12,14). The molecule has 2 rings (SSSR count). The monoisotopic (exact) mass is 196 g/mol. The zero-order chi connectivity index (χ0) is 9.97. The van der Waals surface area contributed by atoms with E-state index in [2.05, 4.69) is 17.3 Å². The van der Waals surface area contributed by atoms with Crippen molar-refractivity contribution >= 4 is 5.91 Å². The molecule has 14 heavy (non-hydrogen) atoms. The number of likely N-dealkylation sites (N-methyl/N-ethyl adjacent to an activating group) is 1. The van der Waals surface area contributed by atoms with E-state index < -0.39 is 0 Å². The molecule has 0 bridgehead atoms. The molecule has 2 fully saturated rings. The lowest BCUT2D eigenvalue weighted by molar-refractivity contribution is -0.127. The zero-order valence-corrected chi connectivity index (χ0v) is 8.96. The van der Waals surface area contributed by atoms with Gasteiger partial charge in [0.15, 0.2) is 0 Å². The third-order valence-electron chi connectivity index (χ3n) is 3.39. The summed E-state index contributed by atoms with van der Waals surface area (Å²) in [4.78, 5) is 14.0. The van der Waals surface area contributed by atoms with Gasteiger partial charge in [-0.2, -0.15) is 0 Å². The Hall–Kier alpha value is -0.570. The van der Waals surface area contributed by atoms with Crippen molar-refractivity contribution in [2.24, 2.45) is 5.92 Å². The number of carbonyl (C=O) groups excluding carboxylic acids is 1. The van der Waals surface area contributed by atoms with Crippen LogP contribution in [0.15, 0.2) is 0 Å². The number of nitrogens with one attached hydrogen (secondary N) is 1. The second-order valence-corrected chi connectivity index (χ2v) is 4.76. The van der Waals surface area contributed by atoms with Crippen LogP contribution < -0.4 is 5.32 Å². The Kier molecular flexibility index (Phi) is 3.06. The Labute approximate surface area is 85.8 Å². The van der Waals surface area contributed by atoms with E-state index in [1.54, 1.807) is 0 Å². The largest absolute Gasteiger partial charge is 0.351 e. The van der Waals surface area contributed by atoms with Crippen molar-refractivity contribution in [1.82, 2.24) is 10.2 Å². The Morgan fingerprint density at radius 1 is 1.21 bits per heavy atom. The van der Waals surface area contributed by atoms with Crippen molar-refractivity contribution < 1.29 is 4.79 Å². The van der Waals surface area contributed by atoms with Crippen LogP contribution in [-0.4, -0.2) is 37.0 Å². The highest BCUT2D eigenvalue weighted by Gasteiger charge is 2.28. The highest BCUT2D eigenvalue weighted by atomic mass is 16.2. The van der Waals surface area contributed by atoms with Gasteiger partial charge in [0.2, 0.25) is 5.91 Å². The number of hydrogen-bond donors (Lipinski definition) is 1. The fourth-order valence-corrected chi connectivity index (χ4v) is 2.47. The third-order valence-corrected chi connectivity index (χ3v) is 3.39. The fraction of sp³-hybridized carbons (Fsp3) is 0.909. The molecule has 1 aliphatic carbocycles. The molecule has 0 radical (unpaired) electrons. The maximum absolute atomic E-state index is 11.8. The van der Waals surface area contributed by atoms with Crippen LogP contribution in [0.3, 0.4) is 0 Å².